The quantitative estimate of drug-likeness (QED) is 0.478. The molecule has 0 aliphatic carbocycles. The van der Waals surface area contributed by atoms with Gasteiger partial charge in [0.15, 0.2) is 5.83 Å². The van der Waals surface area contributed by atoms with E-state index in [9.17, 15) is 19.2 Å². The molecular formula is C18H16FN5O3. The maximum absolute atomic E-state index is 14.1. The van der Waals surface area contributed by atoms with Crippen LogP contribution in [-0.2, 0) is 4.79 Å². The number of amides is 1. The highest BCUT2D eigenvalue weighted by molar-refractivity contribution is 6.05. The normalized spacial score (nSPS) is 11.3. The number of nitrogens with zero attached hydrogens (tertiary/aromatic N) is 4. The molecule has 138 valence electrons. The van der Waals surface area contributed by atoms with Crippen LogP contribution in [0.1, 0.15) is 11.3 Å². The van der Waals surface area contributed by atoms with E-state index in [1.807, 2.05) is 6.07 Å². The molecule has 2 N–H and O–H groups in total. The number of carboxylic acid groups (broad SMARTS) is 1. The zero-order valence-corrected chi connectivity index (χ0v) is 14.5. The first-order valence-electron chi connectivity index (χ1n) is 7.66. The Morgan fingerprint density at radius 2 is 2.11 bits per heavy atom. The largest absolute Gasteiger partial charge is 0.464 e. The monoisotopic (exact) mass is 369 g/mol. The first-order valence-corrected chi connectivity index (χ1v) is 7.66. The molecule has 2 rings (SSSR count). The van der Waals surface area contributed by atoms with Gasteiger partial charge in [-0.1, -0.05) is 0 Å². The summed E-state index contributed by atoms with van der Waals surface area (Å²) in [6.07, 6.45) is 2.26. The zero-order chi connectivity index (χ0) is 20.0. The number of anilines is 1. The number of carbonyl (C=O) groups is 2. The van der Waals surface area contributed by atoms with Crippen molar-refractivity contribution in [1.82, 2.24) is 9.47 Å². The van der Waals surface area contributed by atoms with Crippen LogP contribution >= 0.6 is 0 Å². The number of hydrogen-bond donors (Lipinski definition) is 2. The molecule has 0 spiro atoms. The lowest BCUT2D eigenvalue weighted by Crippen LogP contribution is -2.13. The number of rotatable bonds is 5. The second kappa shape index (κ2) is 8.44. The number of carbonyl (C=O) groups excluding carboxylic acids is 1. The maximum Gasteiger partial charge on any atom is 0.415 e. The topological polar surface area (TPSA) is 111 Å². The van der Waals surface area contributed by atoms with E-state index >= 15 is 0 Å². The van der Waals surface area contributed by atoms with E-state index < -0.39 is 17.8 Å². The Kier molecular flexibility index (Phi) is 6.06. The minimum absolute atomic E-state index is 0.00114. The second-order valence-electron chi connectivity index (χ2n) is 5.58. The highest BCUT2D eigenvalue weighted by atomic mass is 19.1. The van der Waals surface area contributed by atoms with Gasteiger partial charge in [0.1, 0.15) is 6.07 Å². The molecule has 1 heterocycles. The van der Waals surface area contributed by atoms with Crippen molar-refractivity contribution in [2.75, 3.05) is 19.4 Å². The average molecular weight is 369 g/mol. The third-order valence-corrected chi connectivity index (χ3v) is 3.28. The number of nitrogens with one attached hydrogen (secondary N) is 1. The minimum atomic E-state index is -1.30. The Morgan fingerprint density at radius 1 is 1.37 bits per heavy atom. The summed E-state index contributed by atoms with van der Waals surface area (Å²) >= 11 is 0. The van der Waals surface area contributed by atoms with Gasteiger partial charge < -0.3 is 15.3 Å². The number of hydrogen-bond acceptors (Lipinski definition) is 4. The predicted molar refractivity (Wildman–Crippen MR) is 98.6 cm³/mol. The molecule has 1 aromatic carbocycles. The molecule has 0 radical (unpaired) electrons. The van der Waals surface area contributed by atoms with Crippen LogP contribution in [0.5, 0.6) is 0 Å². The number of benzene rings is 1. The van der Waals surface area contributed by atoms with E-state index in [0.29, 0.717) is 5.69 Å². The molecule has 27 heavy (non-hydrogen) atoms. The van der Waals surface area contributed by atoms with Gasteiger partial charge in [-0.25, -0.2) is 14.2 Å². The maximum atomic E-state index is 14.1. The van der Waals surface area contributed by atoms with Crippen molar-refractivity contribution < 1.29 is 19.1 Å². The lowest BCUT2D eigenvalue weighted by Gasteiger charge is -2.07. The fourth-order valence-electron chi connectivity index (χ4n) is 2.07. The van der Waals surface area contributed by atoms with Crippen molar-refractivity contribution >= 4 is 35.8 Å². The predicted octanol–water partition coefficient (Wildman–Crippen LogP) is 3.06. The van der Waals surface area contributed by atoms with Crippen LogP contribution in [0.25, 0.3) is 6.08 Å². The van der Waals surface area contributed by atoms with Gasteiger partial charge in [0.25, 0.3) is 5.91 Å². The van der Waals surface area contributed by atoms with Crippen molar-refractivity contribution in [2.24, 2.45) is 4.99 Å². The van der Waals surface area contributed by atoms with Crippen molar-refractivity contribution in [2.45, 2.75) is 0 Å². The standard InChI is InChI=1S/C18H16FN5O3/c1-23(2)11-21-16-6-5-13(8-12(16)10-20)22-17(25)15(19)9-14-4-3-7-24(14)18(26)27/h3-9,11H,1-2H3,(H,22,25)(H,26,27)/b15-9+,21-11+. The van der Waals surface area contributed by atoms with Crippen LogP contribution in [-0.4, -0.2) is 47.0 Å². The fourth-order valence-corrected chi connectivity index (χ4v) is 2.07. The molecule has 0 aliphatic rings. The van der Waals surface area contributed by atoms with E-state index in [0.717, 1.165) is 10.6 Å². The summed E-state index contributed by atoms with van der Waals surface area (Å²) in [6.45, 7) is 0. The first-order chi connectivity index (χ1) is 12.8. The van der Waals surface area contributed by atoms with Gasteiger partial charge in [-0.2, -0.15) is 5.26 Å². The van der Waals surface area contributed by atoms with Crippen molar-refractivity contribution in [3.63, 3.8) is 0 Å². The highest BCUT2D eigenvalue weighted by Gasteiger charge is 2.13. The molecule has 1 aromatic heterocycles. The van der Waals surface area contributed by atoms with Crippen LogP contribution in [0.2, 0.25) is 0 Å². The van der Waals surface area contributed by atoms with Crippen molar-refractivity contribution in [3.05, 3.63) is 53.6 Å². The van der Waals surface area contributed by atoms with Gasteiger partial charge in [0.05, 0.1) is 23.3 Å². The van der Waals surface area contributed by atoms with Crippen molar-refractivity contribution in [3.8, 4) is 6.07 Å². The molecule has 0 unspecified atom stereocenters. The molecule has 0 saturated heterocycles. The van der Waals surface area contributed by atoms with E-state index in [2.05, 4.69) is 10.3 Å². The molecule has 0 fully saturated rings. The summed E-state index contributed by atoms with van der Waals surface area (Å²) in [7, 11) is 3.56. The molecular weight excluding hydrogens is 353 g/mol. The van der Waals surface area contributed by atoms with E-state index in [4.69, 9.17) is 5.11 Å². The third kappa shape index (κ3) is 5.02. The van der Waals surface area contributed by atoms with Crippen molar-refractivity contribution in [1.29, 1.82) is 5.26 Å². The summed E-state index contributed by atoms with van der Waals surface area (Å²) in [4.78, 5) is 28.8. The summed E-state index contributed by atoms with van der Waals surface area (Å²) in [5, 5.41) is 20.5. The van der Waals surface area contributed by atoms with Gasteiger partial charge in [0.2, 0.25) is 0 Å². The summed E-state index contributed by atoms with van der Waals surface area (Å²) in [5.74, 6) is -2.24. The average Bonchev–Trinajstić information content (AvgIpc) is 3.08. The molecule has 0 aliphatic heterocycles. The third-order valence-electron chi connectivity index (χ3n) is 3.28. The fraction of sp³-hybridized carbons (Fsp3) is 0.111. The molecule has 0 bridgehead atoms. The van der Waals surface area contributed by atoms with Crippen LogP contribution in [0.15, 0.2) is 47.3 Å². The zero-order valence-electron chi connectivity index (χ0n) is 14.5. The van der Waals surface area contributed by atoms with E-state index in [1.54, 1.807) is 19.0 Å². The molecule has 8 nitrogen and oxygen atoms in total. The minimum Gasteiger partial charge on any atom is -0.464 e. The SMILES string of the molecule is CN(C)/C=N/c1ccc(NC(=O)/C(F)=C\c2cccn2C(=O)O)cc1C#N. The number of aromatic nitrogens is 1. The Labute approximate surface area is 154 Å². The smallest absolute Gasteiger partial charge is 0.415 e. The lowest BCUT2D eigenvalue weighted by atomic mass is 10.1. The molecule has 1 amide bonds. The van der Waals surface area contributed by atoms with Gasteiger partial charge in [-0.05, 0) is 30.3 Å². The number of aliphatic imine (C=N–C) groups is 1. The second-order valence-corrected chi connectivity index (χ2v) is 5.58. The van der Waals surface area contributed by atoms with E-state index in [-0.39, 0.29) is 16.9 Å². The van der Waals surface area contributed by atoms with E-state index in [1.165, 1.54) is 42.9 Å². The summed E-state index contributed by atoms with van der Waals surface area (Å²) < 4.78 is 14.9. The van der Waals surface area contributed by atoms with Gasteiger partial charge in [0, 0.05) is 32.1 Å². The Balaban J connectivity index is 2.20. The number of nitriles is 1. The molecule has 0 saturated carbocycles. The number of halogens is 1. The Hall–Kier alpha value is -3.93. The summed E-state index contributed by atoms with van der Waals surface area (Å²) in [6, 6.07) is 9.09. The Morgan fingerprint density at radius 3 is 2.74 bits per heavy atom. The van der Waals surface area contributed by atoms with Crippen LogP contribution in [0.3, 0.4) is 0 Å². The molecule has 2 aromatic rings. The first kappa shape index (κ1) is 19.4. The molecule has 9 heteroatoms. The van der Waals surface area contributed by atoms with Gasteiger partial charge >= 0.3 is 6.09 Å². The van der Waals surface area contributed by atoms with Crippen LogP contribution in [0.4, 0.5) is 20.6 Å². The summed E-state index contributed by atoms with van der Waals surface area (Å²) in [5.41, 5.74) is 0.813. The van der Waals surface area contributed by atoms with Gasteiger partial charge in [-0.3, -0.25) is 9.36 Å². The Bertz CT molecular complexity index is 970. The lowest BCUT2D eigenvalue weighted by molar-refractivity contribution is -0.114. The van der Waals surface area contributed by atoms with Gasteiger partial charge in [-0.15, -0.1) is 0 Å². The molecule has 0 atom stereocenters. The highest BCUT2D eigenvalue weighted by Crippen LogP contribution is 2.23. The van der Waals surface area contributed by atoms with Crippen LogP contribution in [0, 0.1) is 11.3 Å². The van der Waals surface area contributed by atoms with Crippen LogP contribution < -0.4 is 5.32 Å².